The van der Waals surface area contributed by atoms with E-state index in [0.29, 0.717) is 22.4 Å². The molecule has 0 bridgehead atoms. The zero-order chi connectivity index (χ0) is 24.7. The molecule has 176 valence electrons. The minimum absolute atomic E-state index is 0.238. The third kappa shape index (κ3) is 4.33. The van der Waals surface area contributed by atoms with E-state index in [0.717, 1.165) is 39.1 Å². The van der Waals surface area contributed by atoms with Crippen molar-refractivity contribution in [2.75, 3.05) is 4.90 Å². The van der Waals surface area contributed by atoms with E-state index in [1.165, 1.54) is 0 Å². The fourth-order valence-corrected chi connectivity index (χ4v) is 4.56. The molecule has 1 aliphatic heterocycles. The van der Waals surface area contributed by atoms with Gasteiger partial charge in [-0.1, -0.05) is 58.7 Å². The summed E-state index contributed by atoms with van der Waals surface area (Å²) in [4.78, 5) is 19.8. The summed E-state index contributed by atoms with van der Waals surface area (Å²) in [5, 5.41) is 7.95. The van der Waals surface area contributed by atoms with E-state index in [9.17, 15) is 4.79 Å². The van der Waals surface area contributed by atoms with Crippen LogP contribution in [0.4, 0.5) is 10.5 Å². The third-order valence-corrected chi connectivity index (χ3v) is 6.58. The van der Waals surface area contributed by atoms with Crippen molar-refractivity contribution in [3.63, 3.8) is 0 Å². The number of halogens is 1. The number of rotatable bonds is 4. The number of hydrogen-bond donors (Lipinski definition) is 1. The molecule has 1 atom stereocenters. The van der Waals surface area contributed by atoms with Crippen molar-refractivity contribution in [2.24, 2.45) is 0 Å². The van der Waals surface area contributed by atoms with Gasteiger partial charge in [0.15, 0.2) is 0 Å². The Morgan fingerprint density at radius 3 is 2.49 bits per heavy atom. The first kappa shape index (κ1) is 22.9. The quantitative estimate of drug-likeness (QED) is 0.338. The lowest BCUT2D eigenvalue weighted by atomic mass is 9.94. The first-order valence-electron chi connectivity index (χ1n) is 11.4. The largest absolute Gasteiger partial charge is 0.334 e. The molecule has 0 saturated carbocycles. The maximum absolute atomic E-state index is 13.4. The van der Waals surface area contributed by atoms with E-state index in [2.05, 4.69) is 10.5 Å². The molecule has 1 aromatic heterocycles. The summed E-state index contributed by atoms with van der Waals surface area (Å²) >= 11 is 6.30. The summed E-state index contributed by atoms with van der Waals surface area (Å²) in [5.41, 5.74) is 7.25. The van der Waals surface area contributed by atoms with Gasteiger partial charge in [-0.15, -0.1) is 0 Å². The van der Waals surface area contributed by atoms with Crippen LogP contribution in [0.1, 0.15) is 41.1 Å². The number of nitrogens with one attached hydrogen (secondary N) is 1. The average Bonchev–Trinajstić information content (AvgIpc) is 3.31. The molecule has 5 rings (SSSR count). The summed E-state index contributed by atoms with van der Waals surface area (Å²) in [6.07, 6.45) is 0. The van der Waals surface area contributed by atoms with Gasteiger partial charge in [-0.2, -0.15) is 4.98 Å². The number of amides is 2. The average molecular weight is 485 g/mol. The van der Waals surface area contributed by atoms with E-state index >= 15 is 0 Å². The summed E-state index contributed by atoms with van der Waals surface area (Å²) in [6, 6.07) is 20.6. The number of allylic oxidation sites excluding steroid dienone is 1. The van der Waals surface area contributed by atoms with Gasteiger partial charge in [-0.3, -0.25) is 4.90 Å². The number of benzene rings is 3. The molecule has 0 saturated heterocycles. The van der Waals surface area contributed by atoms with Crippen LogP contribution in [-0.2, 0) is 0 Å². The molecule has 0 spiro atoms. The molecule has 2 heterocycles. The van der Waals surface area contributed by atoms with E-state index in [1.807, 2.05) is 88.4 Å². The zero-order valence-electron chi connectivity index (χ0n) is 20.0. The first-order chi connectivity index (χ1) is 16.8. The predicted molar refractivity (Wildman–Crippen MR) is 138 cm³/mol. The first-order valence-corrected chi connectivity index (χ1v) is 11.7. The molecule has 0 fully saturated rings. The van der Waals surface area contributed by atoms with Gasteiger partial charge in [-0.25, -0.2) is 4.79 Å². The molecule has 6 nitrogen and oxygen atoms in total. The van der Waals surface area contributed by atoms with Crippen LogP contribution >= 0.6 is 11.6 Å². The van der Waals surface area contributed by atoms with Crippen LogP contribution < -0.4 is 10.2 Å². The second kappa shape index (κ2) is 9.04. The highest BCUT2D eigenvalue weighted by atomic mass is 35.5. The van der Waals surface area contributed by atoms with E-state index in [4.69, 9.17) is 21.1 Å². The minimum Gasteiger partial charge on any atom is -0.334 e. The molecule has 3 aromatic carbocycles. The summed E-state index contributed by atoms with van der Waals surface area (Å²) in [6.45, 7) is 7.99. The minimum atomic E-state index is -0.505. The lowest BCUT2D eigenvalue weighted by Gasteiger charge is -2.35. The summed E-state index contributed by atoms with van der Waals surface area (Å²) in [7, 11) is 0. The van der Waals surface area contributed by atoms with Crippen molar-refractivity contribution in [3.8, 4) is 11.4 Å². The van der Waals surface area contributed by atoms with Gasteiger partial charge < -0.3 is 9.84 Å². The highest BCUT2D eigenvalue weighted by Crippen LogP contribution is 2.39. The van der Waals surface area contributed by atoms with E-state index in [-0.39, 0.29) is 6.03 Å². The second-order valence-corrected chi connectivity index (χ2v) is 9.27. The normalized spacial score (nSPS) is 16.0. The van der Waals surface area contributed by atoms with Crippen LogP contribution in [0.3, 0.4) is 0 Å². The van der Waals surface area contributed by atoms with Crippen molar-refractivity contribution in [1.29, 1.82) is 0 Å². The summed E-state index contributed by atoms with van der Waals surface area (Å²) in [5.74, 6) is 0.835. The number of nitrogens with zero attached hydrogens (tertiary/aromatic N) is 3. The molecule has 0 aliphatic carbocycles. The maximum Gasteiger partial charge on any atom is 0.326 e. The predicted octanol–water partition coefficient (Wildman–Crippen LogP) is 7.02. The zero-order valence-corrected chi connectivity index (χ0v) is 20.7. The van der Waals surface area contributed by atoms with Crippen molar-refractivity contribution in [1.82, 2.24) is 15.5 Å². The molecule has 4 aromatic rings. The third-order valence-electron chi connectivity index (χ3n) is 6.35. The second-order valence-electron chi connectivity index (χ2n) is 8.83. The van der Waals surface area contributed by atoms with E-state index in [1.54, 1.807) is 11.0 Å². The number of carbonyl (C=O) groups is 1. The van der Waals surface area contributed by atoms with Gasteiger partial charge in [0.05, 0.1) is 17.3 Å². The van der Waals surface area contributed by atoms with Crippen LogP contribution in [0.5, 0.6) is 0 Å². The van der Waals surface area contributed by atoms with Crippen molar-refractivity contribution in [2.45, 2.75) is 33.7 Å². The molecular weight excluding hydrogens is 460 g/mol. The number of carbonyl (C=O) groups excluding carboxylic acids is 1. The molecular formula is C28H25ClN4O2. The Balaban J connectivity index is 1.67. The monoisotopic (exact) mass is 484 g/mol. The Kier molecular flexibility index (Phi) is 5.91. The Morgan fingerprint density at radius 2 is 1.74 bits per heavy atom. The summed E-state index contributed by atoms with van der Waals surface area (Å²) < 4.78 is 5.78. The highest BCUT2D eigenvalue weighted by molar-refractivity contribution is 6.30. The Hall–Kier alpha value is -3.90. The molecule has 7 heteroatoms. The molecule has 2 amide bonds. The van der Waals surface area contributed by atoms with E-state index < -0.39 is 6.04 Å². The molecule has 1 unspecified atom stereocenters. The molecule has 35 heavy (non-hydrogen) atoms. The fourth-order valence-electron chi connectivity index (χ4n) is 4.37. The number of aromatic nitrogens is 2. The van der Waals surface area contributed by atoms with Crippen molar-refractivity contribution in [3.05, 3.63) is 106 Å². The van der Waals surface area contributed by atoms with Crippen LogP contribution in [0.25, 0.3) is 17.0 Å². The van der Waals surface area contributed by atoms with Crippen LogP contribution in [-0.4, -0.2) is 16.2 Å². The Bertz CT molecular complexity index is 1470. The van der Waals surface area contributed by atoms with Gasteiger partial charge in [0.25, 0.3) is 5.89 Å². The number of hydrogen-bond acceptors (Lipinski definition) is 4. The lowest BCUT2D eigenvalue weighted by molar-refractivity contribution is 0.244. The van der Waals surface area contributed by atoms with Crippen molar-refractivity contribution < 1.29 is 9.32 Å². The van der Waals surface area contributed by atoms with Crippen LogP contribution in [0.15, 0.2) is 77.0 Å². The number of urea groups is 1. The topological polar surface area (TPSA) is 71.3 Å². The van der Waals surface area contributed by atoms with Crippen LogP contribution in [0, 0.1) is 20.8 Å². The van der Waals surface area contributed by atoms with Gasteiger partial charge in [0, 0.05) is 16.3 Å². The standard InChI is InChI=1S/C28H25ClN4O2/c1-16-7-5-9-21(13-16)26-31-27(35-32-26)24-19(4)33(23-12-11-17(2)18(3)14-23)28(34)30-25(24)20-8-6-10-22(29)15-20/h5-15,25H,1-4H3,(H,30,34). The van der Waals surface area contributed by atoms with Gasteiger partial charge in [0.2, 0.25) is 5.82 Å². The maximum atomic E-state index is 13.4. The van der Waals surface area contributed by atoms with Gasteiger partial charge in [0.1, 0.15) is 0 Å². The SMILES string of the molecule is CC1=C(c2nc(-c3cccc(C)c3)no2)C(c2cccc(Cl)c2)NC(=O)N1c1ccc(C)c(C)c1. The van der Waals surface area contributed by atoms with Crippen LogP contribution in [0.2, 0.25) is 5.02 Å². The van der Waals surface area contributed by atoms with Gasteiger partial charge in [-0.05, 0) is 74.7 Å². The number of anilines is 1. The molecule has 0 radical (unpaired) electrons. The Morgan fingerprint density at radius 1 is 0.943 bits per heavy atom. The Labute approximate surface area is 209 Å². The number of aryl methyl sites for hydroxylation is 3. The van der Waals surface area contributed by atoms with Gasteiger partial charge >= 0.3 is 6.03 Å². The van der Waals surface area contributed by atoms with Crippen molar-refractivity contribution >= 4 is 28.9 Å². The fraction of sp³-hybridized carbons (Fsp3) is 0.179. The highest BCUT2D eigenvalue weighted by Gasteiger charge is 2.36. The smallest absolute Gasteiger partial charge is 0.326 e. The molecule has 1 N–H and O–H groups in total. The lowest BCUT2D eigenvalue weighted by Crippen LogP contribution is -2.46. The molecule has 1 aliphatic rings.